The molecular weight excluding hydrogens is 256 g/mol. The maximum absolute atomic E-state index is 6.10. The summed E-state index contributed by atoms with van der Waals surface area (Å²) in [7, 11) is 1.93. The molecule has 3 N–H and O–H groups in total. The van der Waals surface area contributed by atoms with Gasteiger partial charge in [0, 0.05) is 33.1 Å². The number of rotatable bonds is 3. The van der Waals surface area contributed by atoms with Gasteiger partial charge in [0.05, 0.1) is 17.3 Å². The van der Waals surface area contributed by atoms with Gasteiger partial charge in [-0.15, -0.1) is 0 Å². The van der Waals surface area contributed by atoms with Crippen LogP contribution in [0.5, 0.6) is 0 Å². The van der Waals surface area contributed by atoms with E-state index in [4.69, 9.17) is 15.3 Å². The minimum absolute atomic E-state index is 0.00888. The van der Waals surface area contributed by atoms with E-state index in [2.05, 4.69) is 10.5 Å². The van der Waals surface area contributed by atoms with Crippen LogP contribution in [-0.4, -0.2) is 35.2 Å². The van der Waals surface area contributed by atoms with Crippen molar-refractivity contribution in [2.75, 3.05) is 19.8 Å². The van der Waals surface area contributed by atoms with Gasteiger partial charge in [0.25, 0.3) is 0 Å². The number of aryl methyl sites for hydroxylation is 1. The van der Waals surface area contributed by atoms with Gasteiger partial charge in [-0.3, -0.25) is 16.0 Å². The molecule has 112 valence electrons. The van der Waals surface area contributed by atoms with Crippen molar-refractivity contribution in [3.8, 4) is 0 Å². The molecule has 3 rings (SSSR count). The van der Waals surface area contributed by atoms with E-state index in [1.165, 1.54) is 0 Å². The van der Waals surface area contributed by atoms with Crippen LogP contribution >= 0.6 is 0 Å². The number of nitrogens with one attached hydrogen (secondary N) is 1. The third kappa shape index (κ3) is 2.74. The lowest BCUT2D eigenvalue weighted by Gasteiger charge is -2.45. The number of nitrogens with two attached hydrogens (primary N) is 1. The summed E-state index contributed by atoms with van der Waals surface area (Å²) < 4.78 is 13.4. The van der Waals surface area contributed by atoms with Gasteiger partial charge in [-0.05, 0) is 37.7 Å². The standard InChI is InChI=1S/C14H24N4O2/c1-18-6-2-12(17-18)13(16-15)11-3-7-20-14(10-11)4-8-19-9-5-14/h2,6,11,13,16H,3-5,7-10,15H2,1H3. The van der Waals surface area contributed by atoms with Gasteiger partial charge in [0.1, 0.15) is 0 Å². The number of hydrogen-bond acceptors (Lipinski definition) is 5. The second-order valence-corrected chi connectivity index (χ2v) is 5.96. The summed E-state index contributed by atoms with van der Waals surface area (Å²) in [5.41, 5.74) is 3.97. The molecule has 1 aromatic rings. The minimum atomic E-state index is -0.00888. The fourth-order valence-electron chi connectivity index (χ4n) is 3.50. The van der Waals surface area contributed by atoms with Crippen molar-refractivity contribution in [1.82, 2.24) is 15.2 Å². The number of nitrogens with zero attached hydrogens (tertiary/aromatic N) is 2. The Balaban J connectivity index is 1.74. The SMILES string of the molecule is Cn1ccc(C(NN)C2CCOC3(CCOCC3)C2)n1. The van der Waals surface area contributed by atoms with Crippen molar-refractivity contribution in [1.29, 1.82) is 0 Å². The Labute approximate surface area is 119 Å². The van der Waals surface area contributed by atoms with Crippen LogP contribution in [0.25, 0.3) is 0 Å². The van der Waals surface area contributed by atoms with Crippen LogP contribution in [0.2, 0.25) is 0 Å². The first-order valence-electron chi connectivity index (χ1n) is 7.40. The van der Waals surface area contributed by atoms with Crippen molar-refractivity contribution < 1.29 is 9.47 Å². The lowest BCUT2D eigenvalue weighted by atomic mass is 9.77. The Morgan fingerprint density at radius 1 is 1.45 bits per heavy atom. The molecular formula is C14H24N4O2. The number of hydrazine groups is 1. The van der Waals surface area contributed by atoms with Crippen molar-refractivity contribution in [2.45, 2.75) is 37.3 Å². The Morgan fingerprint density at radius 3 is 2.90 bits per heavy atom. The molecule has 0 saturated carbocycles. The average molecular weight is 280 g/mol. The Morgan fingerprint density at radius 2 is 2.25 bits per heavy atom. The predicted molar refractivity (Wildman–Crippen MR) is 74.7 cm³/mol. The molecule has 20 heavy (non-hydrogen) atoms. The normalized spacial score (nSPS) is 27.6. The van der Waals surface area contributed by atoms with E-state index >= 15 is 0 Å². The molecule has 1 aromatic heterocycles. The second-order valence-electron chi connectivity index (χ2n) is 5.96. The van der Waals surface area contributed by atoms with Crippen LogP contribution in [0.3, 0.4) is 0 Å². The van der Waals surface area contributed by atoms with E-state index in [1.54, 1.807) is 0 Å². The zero-order valence-corrected chi connectivity index (χ0v) is 12.0. The van der Waals surface area contributed by atoms with Crippen molar-refractivity contribution in [3.05, 3.63) is 18.0 Å². The summed E-state index contributed by atoms with van der Waals surface area (Å²) in [5.74, 6) is 6.26. The largest absolute Gasteiger partial charge is 0.381 e. The van der Waals surface area contributed by atoms with Crippen LogP contribution in [0.4, 0.5) is 0 Å². The molecule has 2 aliphatic heterocycles. The first-order valence-corrected chi connectivity index (χ1v) is 7.40. The third-order valence-corrected chi connectivity index (χ3v) is 4.64. The van der Waals surface area contributed by atoms with Crippen molar-refractivity contribution in [2.24, 2.45) is 18.8 Å². The summed E-state index contributed by atoms with van der Waals surface area (Å²) in [5, 5.41) is 4.50. The van der Waals surface area contributed by atoms with Crippen LogP contribution in [0, 0.1) is 5.92 Å². The maximum Gasteiger partial charge on any atom is 0.0810 e. The fourth-order valence-corrected chi connectivity index (χ4v) is 3.50. The molecule has 6 heteroatoms. The highest BCUT2D eigenvalue weighted by Crippen LogP contribution is 2.41. The van der Waals surface area contributed by atoms with Crippen LogP contribution in [0.15, 0.2) is 12.3 Å². The summed E-state index contributed by atoms with van der Waals surface area (Å²) in [4.78, 5) is 0. The summed E-state index contributed by atoms with van der Waals surface area (Å²) in [6.45, 7) is 2.41. The van der Waals surface area contributed by atoms with Crippen molar-refractivity contribution >= 4 is 0 Å². The van der Waals surface area contributed by atoms with Crippen LogP contribution in [-0.2, 0) is 16.5 Å². The number of ether oxygens (including phenoxy) is 2. The monoisotopic (exact) mass is 280 g/mol. The molecule has 0 amide bonds. The lowest BCUT2D eigenvalue weighted by Crippen LogP contribution is -2.47. The van der Waals surface area contributed by atoms with Crippen molar-refractivity contribution in [3.63, 3.8) is 0 Å². The Hall–Kier alpha value is -0.950. The Bertz CT molecular complexity index is 437. The molecule has 2 unspecified atom stereocenters. The molecule has 3 heterocycles. The smallest absolute Gasteiger partial charge is 0.0810 e. The second kappa shape index (κ2) is 5.81. The fraction of sp³-hybridized carbons (Fsp3) is 0.786. The Kier molecular flexibility index (Phi) is 4.07. The molecule has 0 radical (unpaired) electrons. The van der Waals surface area contributed by atoms with Crippen LogP contribution in [0.1, 0.15) is 37.4 Å². The molecule has 2 fully saturated rings. The molecule has 0 aliphatic carbocycles. The third-order valence-electron chi connectivity index (χ3n) is 4.64. The first kappa shape index (κ1) is 14.0. The van der Waals surface area contributed by atoms with Gasteiger partial charge < -0.3 is 9.47 Å². The van der Waals surface area contributed by atoms with E-state index in [0.29, 0.717) is 5.92 Å². The highest BCUT2D eigenvalue weighted by molar-refractivity contribution is 5.08. The highest BCUT2D eigenvalue weighted by Gasteiger charge is 2.41. The zero-order valence-electron chi connectivity index (χ0n) is 12.0. The molecule has 2 saturated heterocycles. The van der Waals surface area contributed by atoms with E-state index in [9.17, 15) is 0 Å². The number of hydrogen-bond donors (Lipinski definition) is 2. The van der Waals surface area contributed by atoms with E-state index in [-0.39, 0.29) is 11.6 Å². The minimum Gasteiger partial charge on any atom is -0.381 e. The zero-order chi connectivity index (χ0) is 14.0. The summed E-state index contributed by atoms with van der Waals surface area (Å²) in [6, 6.07) is 2.14. The molecule has 2 atom stereocenters. The predicted octanol–water partition coefficient (Wildman–Crippen LogP) is 0.900. The summed E-state index contributed by atoms with van der Waals surface area (Å²) in [6.07, 6.45) is 5.99. The highest BCUT2D eigenvalue weighted by atomic mass is 16.5. The number of aromatic nitrogens is 2. The maximum atomic E-state index is 6.10. The van der Waals surface area contributed by atoms with Gasteiger partial charge >= 0.3 is 0 Å². The molecule has 0 aromatic carbocycles. The summed E-state index contributed by atoms with van der Waals surface area (Å²) >= 11 is 0. The lowest BCUT2D eigenvalue weighted by molar-refractivity contribution is -0.150. The quantitative estimate of drug-likeness (QED) is 0.635. The van der Waals surface area contributed by atoms with Gasteiger partial charge in [0.2, 0.25) is 0 Å². The molecule has 0 bridgehead atoms. The van der Waals surface area contributed by atoms with E-state index in [0.717, 1.165) is 51.2 Å². The molecule has 2 aliphatic rings. The first-order chi connectivity index (χ1) is 9.72. The molecule has 6 nitrogen and oxygen atoms in total. The van der Waals surface area contributed by atoms with E-state index < -0.39 is 0 Å². The van der Waals surface area contributed by atoms with Gasteiger partial charge in [-0.1, -0.05) is 0 Å². The van der Waals surface area contributed by atoms with Gasteiger partial charge in [0.15, 0.2) is 0 Å². The average Bonchev–Trinajstić information content (AvgIpc) is 2.87. The topological polar surface area (TPSA) is 74.3 Å². The van der Waals surface area contributed by atoms with Gasteiger partial charge in [-0.25, -0.2) is 0 Å². The van der Waals surface area contributed by atoms with E-state index in [1.807, 2.05) is 24.0 Å². The molecule has 1 spiro atoms. The van der Waals surface area contributed by atoms with Gasteiger partial charge in [-0.2, -0.15) is 5.10 Å². The van der Waals surface area contributed by atoms with Crippen LogP contribution < -0.4 is 11.3 Å².